The fourth-order valence-electron chi connectivity index (χ4n) is 3.23. The van der Waals surface area contributed by atoms with Gasteiger partial charge in [0.05, 0.1) is 6.10 Å². The first-order valence-electron chi connectivity index (χ1n) is 8.48. The van der Waals surface area contributed by atoms with Crippen molar-refractivity contribution in [2.75, 3.05) is 13.1 Å². The lowest BCUT2D eigenvalue weighted by Crippen LogP contribution is -2.40. The van der Waals surface area contributed by atoms with Crippen molar-refractivity contribution in [2.24, 2.45) is 5.92 Å². The molecular formula is C18H20ClF2N3O2. The molecule has 2 heterocycles. The molecule has 0 aliphatic carbocycles. The predicted molar refractivity (Wildman–Crippen MR) is 93.3 cm³/mol. The number of hydrogen-bond donors (Lipinski definition) is 1. The van der Waals surface area contributed by atoms with Crippen LogP contribution in [0.1, 0.15) is 35.0 Å². The standard InChI is InChI=1S/C18H20ClF2N3O2/c19-14-3-1-12(2-4-14)17(25)13-5-8-23(9-6-13)18(26)15-7-10-24(22-15)11-16(20)21/h1-4,7,10,13,16-17,25H,5-6,8-9,11H2. The van der Waals surface area contributed by atoms with Crippen LogP contribution in [0.4, 0.5) is 8.78 Å². The van der Waals surface area contributed by atoms with Gasteiger partial charge in [-0.15, -0.1) is 0 Å². The summed E-state index contributed by atoms with van der Waals surface area (Å²) in [5.74, 6) is -0.214. The molecule has 1 aliphatic heterocycles. The van der Waals surface area contributed by atoms with Gasteiger partial charge < -0.3 is 10.0 Å². The highest BCUT2D eigenvalue weighted by atomic mass is 35.5. The number of likely N-dealkylation sites (tertiary alicyclic amines) is 1. The van der Waals surface area contributed by atoms with Crippen LogP contribution in [0.3, 0.4) is 0 Å². The van der Waals surface area contributed by atoms with Crippen LogP contribution in [-0.4, -0.2) is 45.2 Å². The molecule has 140 valence electrons. The monoisotopic (exact) mass is 383 g/mol. The number of rotatable bonds is 5. The molecule has 0 spiro atoms. The number of aliphatic hydroxyl groups is 1. The number of alkyl halides is 2. The normalized spacial score (nSPS) is 16.9. The van der Waals surface area contributed by atoms with Gasteiger partial charge in [-0.05, 0) is 42.5 Å². The Morgan fingerprint density at radius 3 is 2.50 bits per heavy atom. The first kappa shape index (κ1) is 18.8. The second-order valence-corrected chi connectivity index (χ2v) is 6.88. The van der Waals surface area contributed by atoms with Crippen molar-refractivity contribution in [2.45, 2.75) is 31.9 Å². The maximum Gasteiger partial charge on any atom is 0.274 e. The summed E-state index contributed by atoms with van der Waals surface area (Å²) in [4.78, 5) is 14.1. The minimum atomic E-state index is -2.51. The summed E-state index contributed by atoms with van der Waals surface area (Å²) in [5, 5.41) is 15.1. The number of aliphatic hydroxyl groups excluding tert-OH is 1. The smallest absolute Gasteiger partial charge is 0.274 e. The lowest BCUT2D eigenvalue weighted by Gasteiger charge is -2.34. The molecule has 0 bridgehead atoms. The molecule has 5 nitrogen and oxygen atoms in total. The van der Waals surface area contributed by atoms with Gasteiger partial charge >= 0.3 is 0 Å². The highest BCUT2D eigenvalue weighted by Crippen LogP contribution is 2.31. The number of hydrogen-bond acceptors (Lipinski definition) is 3. The van der Waals surface area contributed by atoms with E-state index in [-0.39, 0.29) is 17.5 Å². The van der Waals surface area contributed by atoms with Crippen molar-refractivity contribution in [1.29, 1.82) is 0 Å². The minimum absolute atomic E-state index is 0.0524. The van der Waals surface area contributed by atoms with Crippen LogP contribution in [-0.2, 0) is 6.54 Å². The summed E-state index contributed by atoms with van der Waals surface area (Å²) in [6.07, 6.45) is -0.408. The van der Waals surface area contributed by atoms with Crippen LogP contribution in [0.5, 0.6) is 0 Å². The Hall–Kier alpha value is -1.99. The van der Waals surface area contributed by atoms with E-state index in [0.29, 0.717) is 31.0 Å². The number of halogens is 3. The van der Waals surface area contributed by atoms with Crippen LogP contribution in [0.2, 0.25) is 5.02 Å². The molecule has 1 N–H and O–H groups in total. The largest absolute Gasteiger partial charge is 0.388 e. The summed E-state index contributed by atoms with van der Waals surface area (Å²) >= 11 is 5.87. The average molecular weight is 384 g/mol. The molecule has 0 radical (unpaired) electrons. The molecule has 2 aromatic rings. The maximum absolute atomic E-state index is 12.5. The van der Waals surface area contributed by atoms with Crippen molar-refractivity contribution in [3.63, 3.8) is 0 Å². The molecule has 8 heteroatoms. The van der Waals surface area contributed by atoms with Crippen molar-refractivity contribution in [3.8, 4) is 0 Å². The zero-order chi connectivity index (χ0) is 18.7. The van der Waals surface area contributed by atoms with Crippen LogP contribution in [0, 0.1) is 5.92 Å². The molecule has 1 atom stereocenters. The van der Waals surface area contributed by atoms with Gasteiger partial charge in [0.25, 0.3) is 12.3 Å². The van der Waals surface area contributed by atoms with E-state index >= 15 is 0 Å². The minimum Gasteiger partial charge on any atom is -0.388 e. The molecule has 1 aromatic heterocycles. The fourth-order valence-corrected chi connectivity index (χ4v) is 3.36. The number of piperidine rings is 1. The summed E-state index contributed by atoms with van der Waals surface area (Å²) in [6.45, 7) is 0.467. The van der Waals surface area contributed by atoms with E-state index in [2.05, 4.69) is 5.10 Å². The topological polar surface area (TPSA) is 58.4 Å². The predicted octanol–water partition coefficient (Wildman–Crippen LogP) is 3.39. The first-order chi connectivity index (χ1) is 12.4. The van der Waals surface area contributed by atoms with Crippen LogP contribution in [0.15, 0.2) is 36.5 Å². The van der Waals surface area contributed by atoms with Gasteiger partial charge in [0.15, 0.2) is 0 Å². The average Bonchev–Trinajstić information content (AvgIpc) is 3.09. The Bertz CT molecular complexity index is 743. The molecule has 1 fully saturated rings. The maximum atomic E-state index is 12.5. The van der Waals surface area contributed by atoms with Crippen molar-refractivity contribution in [1.82, 2.24) is 14.7 Å². The molecule has 1 amide bonds. The van der Waals surface area contributed by atoms with E-state index in [0.717, 1.165) is 10.2 Å². The van der Waals surface area contributed by atoms with E-state index in [9.17, 15) is 18.7 Å². The fraction of sp³-hybridized carbons (Fsp3) is 0.444. The Morgan fingerprint density at radius 1 is 1.23 bits per heavy atom. The van der Waals surface area contributed by atoms with E-state index in [1.54, 1.807) is 29.2 Å². The molecule has 0 saturated carbocycles. The van der Waals surface area contributed by atoms with Crippen molar-refractivity contribution < 1.29 is 18.7 Å². The number of benzene rings is 1. The zero-order valence-electron chi connectivity index (χ0n) is 14.1. The Balaban J connectivity index is 1.56. The van der Waals surface area contributed by atoms with E-state index in [4.69, 9.17) is 11.6 Å². The Labute approximate surface area is 155 Å². The van der Waals surface area contributed by atoms with Crippen molar-refractivity contribution in [3.05, 3.63) is 52.8 Å². The third-order valence-corrected chi connectivity index (χ3v) is 4.92. The second-order valence-electron chi connectivity index (χ2n) is 6.44. The van der Waals surface area contributed by atoms with Crippen LogP contribution in [0.25, 0.3) is 0 Å². The third kappa shape index (κ3) is 4.40. The van der Waals surface area contributed by atoms with E-state index in [1.165, 1.54) is 12.3 Å². The number of carbonyl (C=O) groups is 1. The lowest BCUT2D eigenvalue weighted by atomic mass is 9.87. The van der Waals surface area contributed by atoms with Gasteiger partial charge in [-0.25, -0.2) is 8.78 Å². The molecule has 1 aliphatic rings. The molecule has 3 rings (SSSR count). The number of amides is 1. The van der Waals surface area contributed by atoms with Gasteiger partial charge in [-0.3, -0.25) is 9.48 Å². The zero-order valence-corrected chi connectivity index (χ0v) is 14.8. The summed E-state index contributed by atoms with van der Waals surface area (Å²) in [5.41, 5.74) is 0.979. The van der Waals surface area contributed by atoms with E-state index < -0.39 is 19.1 Å². The summed E-state index contributed by atoms with van der Waals surface area (Å²) in [6, 6.07) is 8.56. The lowest BCUT2D eigenvalue weighted by molar-refractivity contribution is 0.0457. The number of carbonyl (C=O) groups excluding carboxylic acids is 1. The van der Waals surface area contributed by atoms with Gasteiger partial charge in [0.2, 0.25) is 0 Å². The van der Waals surface area contributed by atoms with E-state index in [1.807, 2.05) is 0 Å². The molecular weight excluding hydrogens is 364 g/mol. The van der Waals surface area contributed by atoms with Crippen LogP contribution >= 0.6 is 11.6 Å². The SMILES string of the molecule is O=C(c1ccn(CC(F)F)n1)N1CCC(C(O)c2ccc(Cl)cc2)CC1. The Kier molecular flexibility index (Phi) is 5.88. The van der Waals surface area contributed by atoms with Gasteiger partial charge in [0, 0.05) is 24.3 Å². The molecule has 1 saturated heterocycles. The number of aromatic nitrogens is 2. The third-order valence-electron chi connectivity index (χ3n) is 4.67. The molecule has 26 heavy (non-hydrogen) atoms. The van der Waals surface area contributed by atoms with Crippen LogP contribution < -0.4 is 0 Å². The van der Waals surface area contributed by atoms with Gasteiger partial charge in [0.1, 0.15) is 12.2 Å². The highest BCUT2D eigenvalue weighted by molar-refractivity contribution is 6.30. The first-order valence-corrected chi connectivity index (χ1v) is 8.86. The van der Waals surface area contributed by atoms with Gasteiger partial charge in [-0.1, -0.05) is 23.7 Å². The second kappa shape index (κ2) is 8.14. The van der Waals surface area contributed by atoms with Gasteiger partial charge in [-0.2, -0.15) is 5.10 Å². The Morgan fingerprint density at radius 2 is 1.88 bits per heavy atom. The van der Waals surface area contributed by atoms with Crippen molar-refractivity contribution >= 4 is 17.5 Å². The number of nitrogens with zero attached hydrogens (tertiary/aromatic N) is 3. The summed E-state index contributed by atoms with van der Waals surface area (Å²) in [7, 11) is 0. The molecule has 1 aromatic carbocycles. The quantitative estimate of drug-likeness (QED) is 0.861. The highest BCUT2D eigenvalue weighted by Gasteiger charge is 2.29. The summed E-state index contributed by atoms with van der Waals surface area (Å²) < 4.78 is 25.8. The molecule has 1 unspecified atom stereocenters.